The molecule has 0 aromatic heterocycles. The molecule has 0 heterocycles. The first-order valence-electron chi connectivity index (χ1n) is 4.21. The summed E-state index contributed by atoms with van der Waals surface area (Å²) in [5.41, 5.74) is 0.758. The van der Waals surface area contributed by atoms with Crippen molar-refractivity contribution >= 4 is 24.2 Å². The lowest BCUT2D eigenvalue weighted by atomic mass is 10.2. The second kappa shape index (κ2) is 4.91. The summed E-state index contributed by atoms with van der Waals surface area (Å²) < 4.78 is 5.14. The zero-order valence-electron chi connectivity index (χ0n) is 8.23. The fourth-order valence-electron chi connectivity index (χ4n) is 1.15. The van der Waals surface area contributed by atoms with Crippen LogP contribution < -0.4 is 9.64 Å². The van der Waals surface area contributed by atoms with Gasteiger partial charge in [0.2, 0.25) is 5.91 Å². The number of thiol groups is 1. The van der Waals surface area contributed by atoms with E-state index in [1.165, 1.54) is 4.90 Å². The molecule has 14 heavy (non-hydrogen) atoms. The maximum absolute atomic E-state index is 11.4. The average molecular weight is 211 g/mol. The first-order valence-corrected chi connectivity index (χ1v) is 4.84. The highest BCUT2D eigenvalue weighted by Crippen LogP contribution is 2.26. The van der Waals surface area contributed by atoms with Crippen LogP contribution in [0.4, 0.5) is 5.69 Å². The van der Waals surface area contributed by atoms with Crippen molar-refractivity contribution in [2.24, 2.45) is 0 Å². The van der Waals surface area contributed by atoms with Gasteiger partial charge >= 0.3 is 0 Å². The van der Waals surface area contributed by atoms with Crippen LogP contribution in [0, 0.1) is 0 Å². The summed E-state index contributed by atoms with van der Waals surface area (Å²) in [6.45, 7) is 0. The van der Waals surface area contributed by atoms with Crippen molar-refractivity contribution in [3.05, 3.63) is 24.3 Å². The lowest BCUT2D eigenvalue weighted by Crippen LogP contribution is -2.27. The van der Waals surface area contributed by atoms with Crippen molar-refractivity contribution in [1.29, 1.82) is 0 Å². The van der Waals surface area contributed by atoms with Gasteiger partial charge in [0, 0.05) is 7.05 Å². The number of methoxy groups -OCH3 is 1. The maximum Gasteiger partial charge on any atom is 0.236 e. The molecule has 0 aliphatic heterocycles. The third-order valence-electron chi connectivity index (χ3n) is 1.96. The van der Waals surface area contributed by atoms with E-state index in [0.717, 1.165) is 5.69 Å². The van der Waals surface area contributed by atoms with Crippen LogP contribution >= 0.6 is 12.6 Å². The Hall–Kier alpha value is -1.16. The molecular formula is C10H13NO2S. The van der Waals surface area contributed by atoms with Crippen molar-refractivity contribution in [3.63, 3.8) is 0 Å². The summed E-state index contributed by atoms with van der Waals surface area (Å²) in [6.07, 6.45) is 0. The molecule has 1 rings (SSSR count). The van der Waals surface area contributed by atoms with Crippen molar-refractivity contribution in [1.82, 2.24) is 0 Å². The van der Waals surface area contributed by atoms with E-state index < -0.39 is 0 Å². The molecule has 0 spiro atoms. The summed E-state index contributed by atoms with van der Waals surface area (Å²) in [5, 5.41) is 0. The van der Waals surface area contributed by atoms with Crippen LogP contribution in [-0.4, -0.2) is 25.8 Å². The van der Waals surface area contributed by atoms with Crippen molar-refractivity contribution in [3.8, 4) is 5.75 Å². The predicted molar refractivity (Wildman–Crippen MR) is 60.3 cm³/mol. The van der Waals surface area contributed by atoms with E-state index in [4.69, 9.17) is 4.74 Å². The van der Waals surface area contributed by atoms with Gasteiger partial charge in [0.1, 0.15) is 5.75 Å². The summed E-state index contributed by atoms with van der Waals surface area (Å²) >= 11 is 3.94. The van der Waals surface area contributed by atoms with E-state index in [1.54, 1.807) is 14.2 Å². The number of rotatable bonds is 3. The highest BCUT2D eigenvalue weighted by atomic mass is 32.1. The second-order valence-corrected chi connectivity index (χ2v) is 3.10. The minimum absolute atomic E-state index is 0.0576. The van der Waals surface area contributed by atoms with Gasteiger partial charge in [-0.2, -0.15) is 12.6 Å². The smallest absolute Gasteiger partial charge is 0.236 e. The van der Waals surface area contributed by atoms with Crippen molar-refractivity contribution < 1.29 is 9.53 Å². The van der Waals surface area contributed by atoms with Gasteiger partial charge in [0.05, 0.1) is 18.6 Å². The molecule has 1 aromatic carbocycles. The lowest BCUT2D eigenvalue weighted by molar-refractivity contribution is -0.115. The molecule has 0 atom stereocenters. The van der Waals surface area contributed by atoms with Crippen LogP contribution in [0.5, 0.6) is 5.75 Å². The average Bonchev–Trinajstić information content (AvgIpc) is 2.26. The number of nitrogens with zero attached hydrogens (tertiary/aromatic N) is 1. The highest BCUT2D eigenvalue weighted by Gasteiger charge is 2.12. The third-order valence-corrected chi connectivity index (χ3v) is 2.23. The van der Waals surface area contributed by atoms with Gasteiger partial charge in [0.15, 0.2) is 0 Å². The van der Waals surface area contributed by atoms with E-state index in [9.17, 15) is 4.79 Å². The van der Waals surface area contributed by atoms with Crippen molar-refractivity contribution in [2.75, 3.05) is 24.8 Å². The van der Waals surface area contributed by atoms with E-state index in [0.29, 0.717) is 5.75 Å². The number of benzene rings is 1. The molecule has 76 valence electrons. The van der Waals surface area contributed by atoms with Crippen LogP contribution in [0.25, 0.3) is 0 Å². The first-order chi connectivity index (χ1) is 6.70. The Morgan fingerprint density at radius 2 is 2.14 bits per heavy atom. The van der Waals surface area contributed by atoms with Gasteiger partial charge in [-0.15, -0.1) is 0 Å². The Morgan fingerprint density at radius 3 is 2.71 bits per heavy atom. The Bertz CT molecular complexity index is 328. The molecule has 0 bridgehead atoms. The molecule has 0 fully saturated rings. The largest absolute Gasteiger partial charge is 0.495 e. The van der Waals surface area contributed by atoms with Gasteiger partial charge in [-0.05, 0) is 12.1 Å². The number of para-hydroxylation sites is 2. The van der Waals surface area contributed by atoms with E-state index in [2.05, 4.69) is 12.6 Å². The predicted octanol–water partition coefficient (Wildman–Crippen LogP) is 1.59. The Balaban J connectivity index is 2.99. The van der Waals surface area contributed by atoms with Gasteiger partial charge in [-0.1, -0.05) is 12.1 Å². The highest BCUT2D eigenvalue weighted by molar-refractivity contribution is 7.81. The SMILES string of the molecule is COc1ccccc1N(C)C(=O)CS. The Labute approximate surface area is 89.1 Å². The molecule has 4 heteroatoms. The van der Waals surface area contributed by atoms with Crippen LogP contribution in [0.15, 0.2) is 24.3 Å². The zero-order chi connectivity index (χ0) is 10.6. The van der Waals surface area contributed by atoms with Gasteiger partial charge in [-0.3, -0.25) is 4.79 Å². The summed E-state index contributed by atoms with van der Waals surface area (Å²) in [5.74, 6) is 0.817. The minimum Gasteiger partial charge on any atom is -0.495 e. The number of carbonyl (C=O) groups excluding carboxylic acids is 1. The van der Waals surface area contributed by atoms with Crippen LogP contribution in [-0.2, 0) is 4.79 Å². The Morgan fingerprint density at radius 1 is 1.50 bits per heavy atom. The molecule has 0 saturated carbocycles. The third kappa shape index (κ3) is 2.20. The number of hydrogen-bond acceptors (Lipinski definition) is 3. The van der Waals surface area contributed by atoms with Gasteiger partial charge in [-0.25, -0.2) is 0 Å². The fourth-order valence-corrected chi connectivity index (χ4v) is 1.36. The molecule has 0 aliphatic carbocycles. The number of hydrogen-bond donors (Lipinski definition) is 1. The van der Waals surface area contributed by atoms with Gasteiger partial charge < -0.3 is 9.64 Å². The number of carbonyl (C=O) groups is 1. The van der Waals surface area contributed by atoms with Crippen LogP contribution in [0.3, 0.4) is 0 Å². The lowest BCUT2D eigenvalue weighted by Gasteiger charge is -2.18. The van der Waals surface area contributed by atoms with Crippen LogP contribution in [0.2, 0.25) is 0 Å². The normalized spacial score (nSPS) is 9.64. The number of ether oxygens (including phenoxy) is 1. The monoisotopic (exact) mass is 211 g/mol. The van der Waals surface area contributed by atoms with E-state index in [-0.39, 0.29) is 11.7 Å². The van der Waals surface area contributed by atoms with Gasteiger partial charge in [0.25, 0.3) is 0 Å². The number of anilines is 1. The first kappa shape index (κ1) is 10.9. The summed E-state index contributed by atoms with van der Waals surface area (Å²) in [4.78, 5) is 12.9. The van der Waals surface area contributed by atoms with E-state index >= 15 is 0 Å². The quantitative estimate of drug-likeness (QED) is 0.769. The summed E-state index contributed by atoms with van der Waals surface area (Å²) in [6, 6.07) is 7.37. The molecule has 0 aliphatic rings. The standard InChI is InChI=1S/C10H13NO2S/c1-11(10(12)7-14)8-5-3-4-6-9(8)13-2/h3-6,14H,7H2,1-2H3. The second-order valence-electron chi connectivity index (χ2n) is 2.78. The maximum atomic E-state index is 11.4. The minimum atomic E-state index is -0.0576. The molecule has 0 saturated heterocycles. The summed E-state index contributed by atoms with van der Waals surface area (Å²) in [7, 11) is 3.29. The molecular weight excluding hydrogens is 198 g/mol. The molecule has 0 unspecified atom stereocenters. The number of amides is 1. The van der Waals surface area contributed by atoms with Crippen molar-refractivity contribution in [2.45, 2.75) is 0 Å². The van der Waals surface area contributed by atoms with E-state index in [1.807, 2.05) is 24.3 Å². The molecule has 0 radical (unpaired) electrons. The topological polar surface area (TPSA) is 29.5 Å². The fraction of sp³-hybridized carbons (Fsp3) is 0.300. The molecule has 1 aromatic rings. The van der Waals surface area contributed by atoms with Crippen LogP contribution in [0.1, 0.15) is 0 Å². The zero-order valence-corrected chi connectivity index (χ0v) is 9.12. The Kier molecular flexibility index (Phi) is 3.83. The molecule has 3 nitrogen and oxygen atoms in total. The molecule has 1 amide bonds. The molecule has 0 N–H and O–H groups in total.